The lowest BCUT2D eigenvalue weighted by atomic mass is 10.0. The molecule has 0 N–H and O–H groups in total. The molecule has 2 rings (SSSR count). The smallest absolute Gasteiger partial charge is 0.0910 e. The Bertz CT molecular complexity index is 149. The molecule has 3 heteroatoms. The first kappa shape index (κ1) is 8.40. The van der Waals surface area contributed by atoms with Crippen LogP contribution in [0.2, 0.25) is 5.54 Å². The van der Waals surface area contributed by atoms with Crippen LogP contribution in [0.3, 0.4) is 0 Å². The fraction of sp³-hybridized carbons (Fsp3) is 1.00. The van der Waals surface area contributed by atoms with Gasteiger partial charge in [0.25, 0.3) is 0 Å². The molecule has 2 fully saturated rings. The standard InChI is InChI=1S/C8H14Cl2Si/c9-8(10)11-7-4-5-1-2-6(7)3-5/h5-8H,1-4,11H2. The van der Waals surface area contributed by atoms with Crippen molar-refractivity contribution in [2.75, 3.05) is 0 Å². The second kappa shape index (κ2) is 3.27. The Kier molecular flexibility index (Phi) is 2.50. The Hall–Kier alpha value is 0.797. The molecule has 0 amide bonds. The zero-order valence-corrected chi connectivity index (χ0v) is 9.53. The quantitative estimate of drug-likeness (QED) is 0.484. The molecule has 2 bridgehead atoms. The Labute approximate surface area is 80.5 Å². The third-order valence-electron chi connectivity index (χ3n) is 3.37. The van der Waals surface area contributed by atoms with E-state index < -0.39 is 0 Å². The zero-order valence-electron chi connectivity index (χ0n) is 6.60. The monoisotopic (exact) mass is 208 g/mol. The van der Waals surface area contributed by atoms with E-state index in [2.05, 4.69) is 0 Å². The average molecular weight is 209 g/mol. The van der Waals surface area contributed by atoms with Crippen molar-refractivity contribution in [1.29, 1.82) is 0 Å². The van der Waals surface area contributed by atoms with Crippen LogP contribution in [0.15, 0.2) is 0 Å². The summed E-state index contributed by atoms with van der Waals surface area (Å²) in [6.07, 6.45) is 5.93. The minimum Gasteiger partial charge on any atom is -0.110 e. The summed E-state index contributed by atoms with van der Waals surface area (Å²) in [4.78, 5) is 0. The molecule has 0 aromatic carbocycles. The normalized spacial score (nSPS) is 43.4. The number of hydrogen-bond donors (Lipinski definition) is 0. The van der Waals surface area contributed by atoms with Gasteiger partial charge in [-0.2, -0.15) is 0 Å². The highest BCUT2D eigenvalue weighted by Crippen LogP contribution is 2.51. The van der Waals surface area contributed by atoms with Crippen molar-refractivity contribution >= 4 is 32.7 Å². The van der Waals surface area contributed by atoms with E-state index in [0.717, 1.165) is 17.4 Å². The average Bonchev–Trinajstić information content (AvgIpc) is 2.45. The highest BCUT2D eigenvalue weighted by atomic mass is 35.5. The van der Waals surface area contributed by atoms with E-state index in [1.807, 2.05) is 0 Å². The van der Waals surface area contributed by atoms with Crippen LogP contribution in [0.5, 0.6) is 0 Å². The van der Waals surface area contributed by atoms with Gasteiger partial charge in [0.15, 0.2) is 0 Å². The van der Waals surface area contributed by atoms with Crippen LogP contribution in [-0.2, 0) is 0 Å². The molecule has 2 saturated carbocycles. The topological polar surface area (TPSA) is 0 Å². The van der Waals surface area contributed by atoms with Gasteiger partial charge in [-0.1, -0.05) is 19.3 Å². The SMILES string of the molecule is ClC(Cl)[SiH2]C1CC2CCC1C2. The Morgan fingerprint density at radius 3 is 2.45 bits per heavy atom. The summed E-state index contributed by atoms with van der Waals surface area (Å²) in [5, 5.41) is 0. The summed E-state index contributed by atoms with van der Waals surface area (Å²) in [5.41, 5.74) is 0.994. The van der Waals surface area contributed by atoms with Crippen molar-refractivity contribution in [3.63, 3.8) is 0 Å². The lowest BCUT2D eigenvalue weighted by Gasteiger charge is -2.20. The third-order valence-corrected chi connectivity index (χ3v) is 6.40. The van der Waals surface area contributed by atoms with Crippen molar-refractivity contribution in [2.45, 2.75) is 35.7 Å². The van der Waals surface area contributed by atoms with Gasteiger partial charge in [0, 0.05) is 0 Å². The van der Waals surface area contributed by atoms with Gasteiger partial charge >= 0.3 is 0 Å². The summed E-state index contributed by atoms with van der Waals surface area (Å²) in [6.45, 7) is 0. The zero-order chi connectivity index (χ0) is 7.84. The second-order valence-electron chi connectivity index (χ2n) is 4.06. The minimum atomic E-state index is -0.175. The van der Waals surface area contributed by atoms with Crippen molar-refractivity contribution in [2.24, 2.45) is 11.8 Å². The van der Waals surface area contributed by atoms with E-state index in [4.69, 9.17) is 23.2 Å². The highest BCUT2D eigenvalue weighted by Gasteiger charge is 2.39. The van der Waals surface area contributed by atoms with E-state index >= 15 is 0 Å². The minimum absolute atomic E-state index is 0.0133. The van der Waals surface area contributed by atoms with Crippen LogP contribution in [0.25, 0.3) is 0 Å². The number of rotatable bonds is 2. The first-order valence-corrected chi connectivity index (χ1v) is 7.04. The molecule has 3 unspecified atom stereocenters. The van der Waals surface area contributed by atoms with E-state index in [0.29, 0.717) is 0 Å². The maximum Gasteiger partial charge on any atom is 0.0910 e. The molecule has 0 aromatic heterocycles. The van der Waals surface area contributed by atoms with Gasteiger partial charge in [-0.25, -0.2) is 0 Å². The predicted molar refractivity (Wildman–Crippen MR) is 53.2 cm³/mol. The van der Waals surface area contributed by atoms with E-state index in [1.165, 1.54) is 25.7 Å². The molecule has 11 heavy (non-hydrogen) atoms. The first-order valence-electron chi connectivity index (χ1n) is 4.54. The number of hydrogen-bond acceptors (Lipinski definition) is 0. The maximum atomic E-state index is 5.82. The van der Waals surface area contributed by atoms with E-state index in [1.54, 1.807) is 0 Å². The van der Waals surface area contributed by atoms with Gasteiger partial charge in [-0.05, 0) is 23.8 Å². The Balaban J connectivity index is 1.87. The predicted octanol–water partition coefficient (Wildman–Crippen LogP) is 2.52. The first-order chi connectivity index (χ1) is 5.25. The molecule has 0 heterocycles. The third kappa shape index (κ3) is 1.76. The molecule has 0 aliphatic heterocycles. The maximum absolute atomic E-state index is 5.82. The summed E-state index contributed by atoms with van der Waals surface area (Å²) in [6, 6.07) is 0. The molecule has 64 valence electrons. The summed E-state index contributed by atoms with van der Waals surface area (Å²) in [5.74, 6) is 2.09. The van der Waals surface area contributed by atoms with Gasteiger partial charge in [-0.15, -0.1) is 23.2 Å². The van der Waals surface area contributed by atoms with E-state index in [-0.39, 0.29) is 14.0 Å². The summed E-state index contributed by atoms with van der Waals surface area (Å²) >= 11 is 11.6. The van der Waals surface area contributed by atoms with Crippen molar-refractivity contribution in [3.8, 4) is 0 Å². The Morgan fingerprint density at radius 1 is 1.18 bits per heavy atom. The van der Waals surface area contributed by atoms with Crippen LogP contribution in [-0.4, -0.2) is 14.0 Å². The molecule has 3 atom stereocenters. The van der Waals surface area contributed by atoms with Crippen LogP contribution in [0, 0.1) is 11.8 Å². The number of alkyl halides is 2. The molecule has 0 nitrogen and oxygen atoms in total. The van der Waals surface area contributed by atoms with Crippen molar-refractivity contribution < 1.29 is 0 Å². The molecule has 0 saturated heterocycles. The van der Waals surface area contributed by atoms with Gasteiger partial charge in [-0.3, -0.25) is 0 Å². The fourth-order valence-electron chi connectivity index (χ4n) is 2.89. The number of halogens is 2. The fourth-order valence-corrected chi connectivity index (χ4v) is 6.20. The molecule has 2 aliphatic rings. The largest absolute Gasteiger partial charge is 0.110 e. The van der Waals surface area contributed by atoms with Crippen LogP contribution < -0.4 is 0 Å². The van der Waals surface area contributed by atoms with Crippen LogP contribution >= 0.6 is 23.2 Å². The summed E-state index contributed by atoms with van der Waals surface area (Å²) < 4.78 is 0.0133. The molecule has 0 spiro atoms. The lowest BCUT2D eigenvalue weighted by molar-refractivity contribution is 0.477. The van der Waals surface area contributed by atoms with Crippen LogP contribution in [0.4, 0.5) is 0 Å². The Morgan fingerprint density at radius 2 is 2.00 bits per heavy atom. The molecule has 2 aliphatic carbocycles. The second-order valence-corrected chi connectivity index (χ2v) is 8.71. The number of fused-ring (bicyclic) bond motifs is 2. The molecule has 0 radical (unpaired) electrons. The van der Waals surface area contributed by atoms with Gasteiger partial charge in [0.05, 0.1) is 14.0 Å². The summed E-state index contributed by atoms with van der Waals surface area (Å²) in [7, 11) is -0.175. The van der Waals surface area contributed by atoms with Gasteiger partial charge < -0.3 is 0 Å². The van der Waals surface area contributed by atoms with Gasteiger partial charge in [0.1, 0.15) is 0 Å². The van der Waals surface area contributed by atoms with E-state index in [9.17, 15) is 0 Å². The van der Waals surface area contributed by atoms with Crippen LogP contribution in [0.1, 0.15) is 25.7 Å². The lowest BCUT2D eigenvalue weighted by Crippen LogP contribution is -2.16. The molecule has 0 aromatic rings. The molecular weight excluding hydrogens is 195 g/mol. The molecular formula is C8H14Cl2Si. The van der Waals surface area contributed by atoms with Gasteiger partial charge in [0.2, 0.25) is 0 Å². The highest BCUT2D eigenvalue weighted by molar-refractivity contribution is 6.69. The van der Waals surface area contributed by atoms with Crippen molar-refractivity contribution in [1.82, 2.24) is 0 Å². The van der Waals surface area contributed by atoms with Crippen molar-refractivity contribution in [3.05, 3.63) is 0 Å².